The van der Waals surface area contributed by atoms with Crippen LogP contribution in [0.3, 0.4) is 0 Å². The number of rotatable bonds is 3. The molecule has 0 aliphatic rings. The van der Waals surface area contributed by atoms with Gasteiger partial charge in [-0.15, -0.1) is 6.42 Å². The number of nitrogens with two attached hydrogens (primary N) is 1. The second kappa shape index (κ2) is 5.44. The Morgan fingerprint density at radius 3 is 2.83 bits per heavy atom. The molecule has 0 saturated heterocycles. The van der Waals surface area contributed by atoms with E-state index in [1.54, 1.807) is 7.05 Å². The molecule has 0 rings (SSSR count). The van der Waals surface area contributed by atoms with Crippen LogP contribution in [0.2, 0.25) is 0 Å². The van der Waals surface area contributed by atoms with Crippen LogP contribution in [0.4, 0.5) is 4.79 Å². The van der Waals surface area contributed by atoms with Crippen LogP contribution >= 0.6 is 0 Å². The highest BCUT2D eigenvalue weighted by Gasteiger charge is 2.12. The van der Waals surface area contributed by atoms with Crippen LogP contribution in [0.1, 0.15) is 6.92 Å². The van der Waals surface area contributed by atoms with Gasteiger partial charge in [-0.3, -0.25) is 0 Å². The van der Waals surface area contributed by atoms with E-state index in [2.05, 4.69) is 11.2 Å². The fourth-order valence-corrected chi connectivity index (χ4v) is 0.610. The lowest BCUT2D eigenvalue weighted by molar-refractivity contribution is 0.196. The average molecular weight is 169 g/mol. The van der Waals surface area contributed by atoms with E-state index in [-0.39, 0.29) is 18.6 Å². The van der Waals surface area contributed by atoms with Crippen molar-refractivity contribution in [1.82, 2.24) is 10.2 Å². The first kappa shape index (κ1) is 10.8. The second-order valence-corrected chi connectivity index (χ2v) is 2.56. The molecule has 0 aromatic carbocycles. The third kappa shape index (κ3) is 3.26. The van der Waals surface area contributed by atoms with Crippen molar-refractivity contribution in [3.63, 3.8) is 0 Å². The number of hydrogen-bond acceptors (Lipinski definition) is 2. The minimum atomic E-state index is -0.189. The number of nitrogens with zero attached hydrogens (tertiary/aromatic N) is 1. The maximum absolute atomic E-state index is 11.2. The van der Waals surface area contributed by atoms with Crippen molar-refractivity contribution < 1.29 is 4.79 Å². The van der Waals surface area contributed by atoms with Gasteiger partial charge in [-0.05, 0) is 6.92 Å². The van der Waals surface area contributed by atoms with Crippen LogP contribution in [0, 0.1) is 12.3 Å². The van der Waals surface area contributed by atoms with Crippen molar-refractivity contribution in [2.45, 2.75) is 13.0 Å². The van der Waals surface area contributed by atoms with Gasteiger partial charge in [-0.1, -0.05) is 5.92 Å². The number of likely N-dealkylation sites (N-methyl/N-ethyl adjacent to an activating group) is 1. The predicted octanol–water partition coefficient (Wildman–Crippen LogP) is -0.392. The molecule has 0 fully saturated rings. The molecular formula is C8H15N3O. The van der Waals surface area contributed by atoms with E-state index in [0.29, 0.717) is 6.54 Å². The topological polar surface area (TPSA) is 58.4 Å². The summed E-state index contributed by atoms with van der Waals surface area (Å²) in [5, 5.41) is 2.54. The SMILES string of the molecule is C#CCNC(=O)N(C)C(C)CN. The van der Waals surface area contributed by atoms with Gasteiger partial charge in [-0.25, -0.2) is 4.79 Å². The molecule has 0 aliphatic heterocycles. The van der Waals surface area contributed by atoms with Crippen LogP contribution in [-0.4, -0.2) is 37.1 Å². The van der Waals surface area contributed by atoms with Gasteiger partial charge >= 0.3 is 6.03 Å². The quantitative estimate of drug-likeness (QED) is 0.565. The molecule has 0 radical (unpaired) electrons. The molecule has 1 atom stereocenters. The summed E-state index contributed by atoms with van der Waals surface area (Å²) in [6.07, 6.45) is 4.98. The zero-order chi connectivity index (χ0) is 9.56. The van der Waals surface area contributed by atoms with Crippen molar-refractivity contribution >= 4 is 6.03 Å². The number of nitrogens with one attached hydrogen (secondary N) is 1. The van der Waals surface area contributed by atoms with E-state index in [4.69, 9.17) is 12.2 Å². The fraction of sp³-hybridized carbons (Fsp3) is 0.625. The third-order valence-corrected chi connectivity index (χ3v) is 1.66. The van der Waals surface area contributed by atoms with Crippen molar-refractivity contribution in [2.24, 2.45) is 5.73 Å². The third-order valence-electron chi connectivity index (χ3n) is 1.66. The highest BCUT2D eigenvalue weighted by Crippen LogP contribution is 1.92. The standard InChI is InChI=1S/C8H15N3O/c1-4-5-10-8(12)11(3)7(2)6-9/h1,7H,5-6,9H2,2-3H3,(H,10,12). The molecule has 0 aromatic rings. The Balaban J connectivity index is 3.85. The summed E-state index contributed by atoms with van der Waals surface area (Å²) in [4.78, 5) is 12.7. The first-order valence-electron chi connectivity index (χ1n) is 3.77. The fourth-order valence-electron chi connectivity index (χ4n) is 0.610. The van der Waals surface area contributed by atoms with Crippen LogP contribution in [0.15, 0.2) is 0 Å². The summed E-state index contributed by atoms with van der Waals surface area (Å²) < 4.78 is 0. The van der Waals surface area contributed by atoms with Crippen molar-refractivity contribution in [2.75, 3.05) is 20.1 Å². The van der Waals surface area contributed by atoms with Gasteiger partial charge < -0.3 is 16.0 Å². The lowest BCUT2D eigenvalue weighted by Crippen LogP contribution is -2.45. The average Bonchev–Trinajstić information content (AvgIpc) is 2.11. The van der Waals surface area contributed by atoms with Gasteiger partial charge in [0.15, 0.2) is 0 Å². The minimum absolute atomic E-state index is 0.0303. The zero-order valence-corrected chi connectivity index (χ0v) is 7.50. The number of urea groups is 1. The molecule has 0 saturated carbocycles. The van der Waals surface area contributed by atoms with Gasteiger partial charge in [0.25, 0.3) is 0 Å². The summed E-state index contributed by atoms with van der Waals surface area (Å²) >= 11 is 0. The second-order valence-electron chi connectivity index (χ2n) is 2.56. The van der Waals surface area contributed by atoms with E-state index >= 15 is 0 Å². The number of terminal acetylenes is 1. The van der Waals surface area contributed by atoms with E-state index in [0.717, 1.165) is 0 Å². The molecule has 1 unspecified atom stereocenters. The summed E-state index contributed by atoms with van der Waals surface area (Å²) in [5.74, 6) is 2.32. The first-order chi connectivity index (χ1) is 5.63. The van der Waals surface area contributed by atoms with Crippen LogP contribution in [0.25, 0.3) is 0 Å². The Kier molecular flexibility index (Phi) is 4.89. The number of carbonyl (C=O) groups is 1. The summed E-state index contributed by atoms with van der Waals surface area (Å²) in [6.45, 7) is 2.57. The normalized spacial score (nSPS) is 11.5. The Morgan fingerprint density at radius 1 is 1.83 bits per heavy atom. The van der Waals surface area contributed by atoms with E-state index < -0.39 is 0 Å². The Morgan fingerprint density at radius 2 is 2.42 bits per heavy atom. The molecule has 12 heavy (non-hydrogen) atoms. The molecule has 0 bridgehead atoms. The molecule has 0 spiro atoms. The van der Waals surface area contributed by atoms with E-state index in [1.165, 1.54) is 4.90 Å². The summed E-state index contributed by atoms with van der Waals surface area (Å²) in [6, 6.07) is -0.159. The van der Waals surface area contributed by atoms with Gasteiger partial charge in [0.1, 0.15) is 0 Å². The molecule has 0 aromatic heterocycles. The predicted molar refractivity (Wildman–Crippen MR) is 48.5 cm³/mol. The number of amides is 2. The maximum atomic E-state index is 11.2. The molecule has 0 heterocycles. The van der Waals surface area contributed by atoms with Gasteiger partial charge in [-0.2, -0.15) is 0 Å². The van der Waals surface area contributed by atoms with Crippen molar-refractivity contribution in [3.8, 4) is 12.3 Å². The van der Waals surface area contributed by atoms with Crippen molar-refractivity contribution in [1.29, 1.82) is 0 Å². The molecule has 4 nitrogen and oxygen atoms in total. The highest BCUT2D eigenvalue weighted by atomic mass is 16.2. The lowest BCUT2D eigenvalue weighted by Gasteiger charge is -2.23. The molecule has 68 valence electrons. The van der Waals surface area contributed by atoms with E-state index in [9.17, 15) is 4.79 Å². The first-order valence-corrected chi connectivity index (χ1v) is 3.77. The lowest BCUT2D eigenvalue weighted by atomic mass is 10.3. The largest absolute Gasteiger partial charge is 0.328 e. The molecular weight excluding hydrogens is 154 g/mol. The van der Waals surface area contributed by atoms with Gasteiger partial charge in [0.2, 0.25) is 0 Å². The summed E-state index contributed by atoms with van der Waals surface area (Å²) in [5.41, 5.74) is 5.38. The molecule has 3 N–H and O–H groups in total. The monoisotopic (exact) mass is 169 g/mol. The number of carbonyl (C=O) groups excluding carboxylic acids is 1. The van der Waals surface area contributed by atoms with Crippen LogP contribution in [0.5, 0.6) is 0 Å². The number of hydrogen-bond donors (Lipinski definition) is 2. The Hall–Kier alpha value is -1.21. The molecule has 2 amide bonds. The van der Waals surface area contributed by atoms with Crippen LogP contribution < -0.4 is 11.1 Å². The Labute approximate surface area is 73.1 Å². The smallest absolute Gasteiger partial charge is 0.318 e. The van der Waals surface area contributed by atoms with E-state index in [1.807, 2.05) is 6.92 Å². The molecule has 0 aliphatic carbocycles. The molecule has 4 heteroatoms. The van der Waals surface area contributed by atoms with Crippen molar-refractivity contribution in [3.05, 3.63) is 0 Å². The summed E-state index contributed by atoms with van der Waals surface area (Å²) in [7, 11) is 1.68. The minimum Gasteiger partial charge on any atom is -0.328 e. The van der Waals surface area contributed by atoms with Gasteiger partial charge in [0.05, 0.1) is 6.54 Å². The maximum Gasteiger partial charge on any atom is 0.318 e. The van der Waals surface area contributed by atoms with Gasteiger partial charge in [0, 0.05) is 19.6 Å². The van der Waals surface area contributed by atoms with Crippen LogP contribution in [-0.2, 0) is 0 Å². The highest BCUT2D eigenvalue weighted by molar-refractivity contribution is 5.74. The Bertz CT molecular complexity index is 185. The zero-order valence-electron chi connectivity index (χ0n) is 7.50.